The van der Waals surface area contributed by atoms with Crippen LogP contribution >= 0.6 is 23.2 Å². The average molecular weight is 308 g/mol. The summed E-state index contributed by atoms with van der Waals surface area (Å²) in [6, 6.07) is 1.60. The number of halogens is 2. The third-order valence-electron chi connectivity index (χ3n) is 3.26. The van der Waals surface area contributed by atoms with Crippen molar-refractivity contribution in [3.8, 4) is 11.5 Å². The molecule has 0 N–H and O–H groups in total. The highest BCUT2D eigenvalue weighted by molar-refractivity contribution is 6.35. The molecule has 1 aliphatic rings. The Bertz CT molecular complexity index is 688. The first-order valence-corrected chi connectivity index (χ1v) is 7.11. The fraction of sp³-hybridized carbons (Fsp3) is 0.286. The Labute approximate surface area is 126 Å². The molecule has 0 fully saturated rings. The van der Waals surface area contributed by atoms with E-state index in [-0.39, 0.29) is 5.78 Å². The quantitative estimate of drug-likeness (QED) is 0.753. The summed E-state index contributed by atoms with van der Waals surface area (Å²) in [6.45, 7) is 0. The number of nitrogens with zero attached hydrogens (tertiary/aromatic N) is 3. The smallest absolute Gasteiger partial charge is 0.179 e. The van der Waals surface area contributed by atoms with Gasteiger partial charge in [-0.15, -0.1) is 0 Å². The summed E-state index contributed by atoms with van der Waals surface area (Å²) < 4.78 is 0. The molecule has 0 aromatic carbocycles. The van der Waals surface area contributed by atoms with E-state index in [2.05, 4.69) is 15.0 Å². The van der Waals surface area contributed by atoms with Crippen molar-refractivity contribution in [2.75, 3.05) is 0 Å². The van der Waals surface area contributed by atoms with Crippen LogP contribution in [0.5, 0.6) is 0 Å². The molecule has 0 aliphatic heterocycles. The third-order valence-corrected chi connectivity index (χ3v) is 3.75. The summed E-state index contributed by atoms with van der Waals surface area (Å²) in [5.41, 5.74) is 1.89. The predicted octanol–water partition coefficient (Wildman–Crippen LogP) is 3.75. The molecule has 20 heavy (non-hydrogen) atoms. The summed E-state index contributed by atoms with van der Waals surface area (Å²) in [5, 5.41) is 0.862. The van der Waals surface area contributed by atoms with Crippen LogP contribution in [0.1, 0.15) is 35.3 Å². The Morgan fingerprint density at radius 2 is 1.85 bits per heavy atom. The Hall–Kier alpha value is -1.52. The first-order chi connectivity index (χ1) is 9.65. The van der Waals surface area contributed by atoms with Gasteiger partial charge in [0.1, 0.15) is 5.69 Å². The van der Waals surface area contributed by atoms with Gasteiger partial charge >= 0.3 is 0 Å². The van der Waals surface area contributed by atoms with Gasteiger partial charge in [0.25, 0.3) is 0 Å². The monoisotopic (exact) mass is 307 g/mol. The van der Waals surface area contributed by atoms with Crippen LogP contribution in [0.3, 0.4) is 0 Å². The summed E-state index contributed by atoms with van der Waals surface area (Å²) in [6.07, 6.45) is 6.28. The van der Waals surface area contributed by atoms with Gasteiger partial charge in [-0.25, -0.2) is 15.0 Å². The number of fused-ring (bicyclic) bond motifs is 1. The zero-order chi connectivity index (χ0) is 14.1. The molecule has 3 rings (SSSR count). The van der Waals surface area contributed by atoms with Crippen LogP contribution in [-0.4, -0.2) is 20.7 Å². The first kappa shape index (κ1) is 13.5. The zero-order valence-corrected chi connectivity index (χ0v) is 12.1. The predicted molar refractivity (Wildman–Crippen MR) is 77.2 cm³/mol. The molecule has 2 aromatic rings. The zero-order valence-electron chi connectivity index (χ0n) is 10.6. The summed E-state index contributed by atoms with van der Waals surface area (Å²) >= 11 is 11.9. The molecule has 0 atom stereocenters. The van der Waals surface area contributed by atoms with E-state index < -0.39 is 0 Å². The molecule has 0 amide bonds. The minimum absolute atomic E-state index is 0.110. The van der Waals surface area contributed by atoms with Crippen molar-refractivity contribution in [1.29, 1.82) is 0 Å². The molecule has 102 valence electrons. The lowest BCUT2D eigenvalue weighted by atomic mass is 10.1. The van der Waals surface area contributed by atoms with E-state index in [0.29, 0.717) is 33.5 Å². The molecule has 0 saturated heterocycles. The topological polar surface area (TPSA) is 55.7 Å². The molecular weight excluding hydrogens is 297 g/mol. The number of hydrogen-bond donors (Lipinski definition) is 0. The number of aryl methyl sites for hydroxylation is 1. The summed E-state index contributed by atoms with van der Waals surface area (Å²) in [5.74, 6) is 0.541. The number of Topliss-reactive ketones (excluding diaryl/α,β-unsaturated/α-hetero) is 1. The van der Waals surface area contributed by atoms with Gasteiger partial charge in [0.2, 0.25) is 0 Å². The summed E-state index contributed by atoms with van der Waals surface area (Å²) in [4.78, 5) is 24.8. The van der Waals surface area contributed by atoms with Crippen LogP contribution in [-0.2, 0) is 6.42 Å². The maximum atomic E-state index is 11.9. The van der Waals surface area contributed by atoms with E-state index in [9.17, 15) is 4.79 Å². The van der Waals surface area contributed by atoms with Crippen LogP contribution in [0, 0.1) is 0 Å². The third kappa shape index (κ3) is 2.53. The largest absolute Gasteiger partial charge is 0.294 e. The number of rotatable bonds is 1. The van der Waals surface area contributed by atoms with Crippen LogP contribution in [0.2, 0.25) is 10.0 Å². The van der Waals surface area contributed by atoms with Crippen LogP contribution in [0.4, 0.5) is 0 Å². The van der Waals surface area contributed by atoms with Gasteiger partial charge in [-0.05, 0) is 25.3 Å². The molecule has 2 aromatic heterocycles. The Kier molecular flexibility index (Phi) is 3.68. The minimum atomic E-state index is 0.110. The molecule has 0 unspecified atom stereocenters. The minimum Gasteiger partial charge on any atom is -0.294 e. The lowest BCUT2D eigenvalue weighted by Gasteiger charge is -2.07. The van der Waals surface area contributed by atoms with Crippen LogP contribution in [0.15, 0.2) is 18.5 Å². The number of pyridine rings is 1. The first-order valence-electron chi connectivity index (χ1n) is 6.35. The highest BCUT2D eigenvalue weighted by Crippen LogP contribution is 2.27. The van der Waals surface area contributed by atoms with E-state index in [4.69, 9.17) is 23.2 Å². The lowest BCUT2D eigenvalue weighted by molar-refractivity contribution is 0.0981. The van der Waals surface area contributed by atoms with Crippen LogP contribution < -0.4 is 0 Å². The van der Waals surface area contributed by atoms with Crippen molar-refractivity contribution in [2.45, 2.75) is 25.7 Å². The molecule has 6 heteroatoms. The van der Waals surface area contributed by atoms with Crippen molar-refractivity contribution in [3.63, 3.8) is 0 Å². The Morgan fingerprint density at radius 1 is 1.05 bits per heavy atom. The van der Waals surface area contributed by atoms with E-state index in [1.165, 1.54) is 6.20 Å². The van der Waals surface area contributed by atoms with Gasteiger partial charge in [0, 0.05) is 18.8 Å². The SMILES string of the molecule is O=C1CCCCc2nc(-c3ncc(Cl)cc3Cl)ncc21. The van der Waals surface area contributed by atoms with Gasteiger partial charge in [-0.1, -0.05) is 23.2 Å². The van der Waals surface area contributed by atoms with E-state index in [1.807, 2.05) is 0 Å². The van der Waals surface area contributed by atoms with Gasteiger partial charge < -0.3 is 0 Å². The van der Waals surface area contributed by atoms with Crippen molar-refractivity contribution >= 4 is 29.0 Å². The molecule has 0 spiro atoms. The van der Waals surface area contributed by atoms with E-state index in [0.717, 1.165) is 25.0 Å². The molecular formula is C14H11Cl2N3O. The number of ketones is 1. The van der Waals surface area contributed by atoms with E-state index in [1.54, 1.807) is 12.3 Å². The lowest BCUT2D eigenvalue weighted by Crippen LogP contribution is -2.05. The highest BCUT2D eigenvalue weighted by Gasteiger charge is 2.19. The Balaban J connectivity index is 2.08. The average Bonchev–Trinajstić information content (AvgIpc) is 2.60. The van der Waals surface area contributed by atoms with Crippen molar-refractivity contribution in [1.82, 2.24) is 15.0 Å². The number of carbonyl (C=O) groups is 1. The van der Waals surface area contributed by atoms with E-state index >= 15 is 0 Å². The molecule has 2 heterocycles. The molecule has 1 aliphatic carbocycles. The number of hydrogen-bond acceptors (Lipinski definition) is 4. The fourth-order valence-electron chi connectivity index (χ4n) is 2.25. The maximum absolute atomic E-state index is 11.9. The standard InChI is InChI=1S/C14H11Cl2N3O/c15-8-5-10(16)13(17-6-8)14-18-7-9-11(19-14)3-1-2-4-12(9)20/h5-7H,1-4H2. The highest BCUT2D eigenvalue weighted by atomic mass is 35.5. The number of aromatic nitrogens is 3. The fourth-order valence-corrected chi connectivity index (χ4v) is 2.71. The van der Waals surface area contributed by atoms with Crippen molar-refractivity contribution < 1.29 is 4.79 Å². The van der Waals surface area contributed by atoms with Gasteiger partial charge in [0.15, 0.2) is 11.6 Å². The molecule has 0 saturated carbocycles. The maximum Gasteiger partial charge on any atom is 0.179 e. The van der Waals surface area contributed by atoms with Crippen molar-refractivity contribution in [2.24, 2.45) is 0 Å². The molecule has 0 radical (unpaired) electrons. The van der Waals surface area contributed by atoms with Crippen molar-refractivity contribution in [3.05, 3.63) is 39.8 Å². The second-order valence-corrected chi connectivity index (χ2v) is 5.51. The van der Waals surface area contributed by atoms with Gasteiger partial charge in [0.05, 0.1) is 21.3 Å². The summed E-state index contributed by atoms with van der Waals surface area (Å²) in [7, 11) is 0. The normalized spacial score (nSPS) is 14.8. The molecule has 0 bridgehead atoms. The van der Waals surface area contributed by atoms with Crippen LogP contribution in [0.25, 0.3) is 11.5 Å². The Morgan fingerprint density at radius 3 is 2.65 bits per heavy atom. The number of carbonyl (C=O) groups excluding carboxylic acids is 1. The second-order valence-electron chi connectivity index (χ2n) is 4.67. The molecule has 4 nitrogen and oxygen atoms in total. The van der Waals surface area contributed by atoms with Gasteiger partial charge in [-0.3, -0.25) is 4.79 Å². The van der Waals surface area contributed by atoms with Gasteiger partial charge in [-0.2, -0.15) is 0 Å². The second kappa shape index (κ2) is 5.46.